The number of rotatable bonds is 6. The second-order valence-corrected chi connectivity index (χ2v) is 6.66. The molecule has 1 heterocycles. The van der Waals surface area contributed by atoms with Gasteiger partial charge in [-0.05, 0) is 31.5 Å². The SMILES string of the molecule is Cc1ccccc1-c1nnc(SCC(=O)Nc2cccc([N+](=O)[O-])c2C)o1. The van der Waals surface area contributed by atoms with Gasteiger partial charge in [-0.15, -0.1) is 10.2 Å². The highest BCUT2D eigenvalue weighted by atomic mass is 32.2. The molecule has 27 heavy (non-hydrogen) atoms. The summed E-state index contributed by atoms with van der Waals surface area (Å²) in [7, 11) is 0. The Morgan fingerprint density at radius 1 is 1.19 bits per heavy atom. The smallest absolute Gasteiger partial charge is 0.277 e. The number of carbonyl (C=O) groups excluding carboxylic acids is 1. The van der Waals surface area contributed by atoms with E-state index in [0.717, 1.165) is 22.9 Å². The molecule has 0 unspecified atom stereocenters. The Balaban J connectivity index is 1.63. The number of hydrogen-bond donors (Lipinski definition) is 1. The van der Waals surface area contributed by atoms with Gasteiger partial charge in [0.15, 0.2) is 0 Å². The summed E-state index contributed by atoms with van der Waals surface area (Å²) < 4.78 is 5.60. The molecule has 138 valence electrons. The number of nitrogens with zero attached hydrogens (tertiary/aromatic N) is 3. The zero-order valence-electron chi connectivity index (χ0n) is 14.6. The number of carbonyl (C=O) groups is 1. The van der Waals surface area contributed by atoms with Crippen molar-refractivity contribution in [2.45, 2.75) is 19.1 Å². The van der Waals surface area contributed by atoms with Gasteiger partial charge in [0.1, 0.15) is 0 Å². The highest BCUT2D eigenvalue weighted by Crippen LogP contribution is 2.27. The fourth-order valence-corrected chi connectivity index (χ4v) is 3.02. The van der Waals surface area contributed by atoms with Crippen LogP contribution in [0.2, 0.25) is 0 Å². The first-order valence-corrected chi connectivity index (χ1v) is 9.00. The molecule has 1 N–H and O–H groups in total. The van der Waals surface area contributed by atoms with E-state index in [1.54, 1.807) is 13.0 Å². The van der Waals surface area contributed by atoms with Gasteiger partial charge in [0.05, 0.1) is 21.9 Å². The van der Waals surface area contributed by atoms with E-state index in [4.69, 9.17) is 4.42 Å². The van der Waals surface area contributed by atoms with Gasteiger partial charge in [0, 0.05) is 11.6 Å². The lowest BCUT2D eigenvalue weighted by atomic mass is 10.1. The normalized spacial score (nSPS) is 10.6. The summed E-state index contributed by atoms with van der Waals surface area (Å²) in [5.41, 5.74) is 2.62. The van der Waals surface area contributed by atoms with Crippen molar-refractivity contribution in [1.82, 2.24) is 10.2 Å². The molecule has 3 rings (SSSR count). The van der Waals surface area contributed by atoms with E-state index in [1.807, 2.05) is 31.2 Å². The Kier molecular flexibility index (Phi) is 5.51. The molecule has 0 saturated heterocycles. The number of nitro groups is 1. The third kappa shape index (κ3) is 4.32. The van der Waals surface area contributed by atoms with Crippen LogP contribution in [0.5, 0.6) is 0 Å². The minimum Gasteiger partial charge on any atom is -0.411 e. The van der Waals surface area contributed by atoms with E-state index in [2.05, 4.69) is 15.5 Å². The zero-order valence-corrected chi connectivity index (χ0v) is 15.4. The van der Waals surface area contributed by atoms with Crippen LogP contribution in [-0.4, -0.2) is 26.8 Å². The number of aryl methyl sites for hydroxylation is 1. The molecule has 0 fully saturated rings. The largest absolute Gasteiger partial charge is 0.411 e. The van der Waals surface area contributed by atoms with Crippen LogP contribution in [-0.2, 0) is 4.79 Å². The lowest BCUT2D eigenvalue weighted by Gasteiger charge is -2.07. The molecule has 1 amide bonds. The molecular formula is C18H16N4O4S. The van der Waals surface area contributed by atoms with Crippen molar-refractivity contribution < 1.29 is 14.1 Å². The summed E-state index contributed by atoms with van der Waals surface area (Å²) in [4.78, 5) is 22.7. The highest BCUT2D eigenvalue weighted by Gasteiger charge is 2.16. The number of thioether (sulfide) groups is 1. The van der Waals surface area contributed by atoms with Crippen molar-refractivity contribution in [2.24, 2.45) is 0 Å². The van der Waals surface area contributed by atoms with Crippen LogP contribution in [0.15, 0.2) is 52.1 Å². The van der Waals surface area contributed by atoms with Crippen LogP contribution in [0.4, 0.5) is 11.4 Å². The van der Waals surface area contributed by atoms with Crippen LogP contribution in [0.25, 0.3) is 11.5 Å². The Labute approximate surface area is 159 Å². The average molecular weight is 384 g/mol. The number of anilines is 1. The molecule has 0 spiro atoms. The summed E-state index contributed by atoms with van der Waals surface area (Å²) in [6.45, 7) is 3.54. The summed E-state index contributed by atoms with van der Waals surface area (Å²) in [6.07, 6.45) is 0. The Morgan fingerprint density at radius 2 is 1.96 bits per heavy atom. The zero-order chi connectivity index (χ0) is 19.4. The van der Waals surface area contributed by atoms with Crippen LogP contribution in [0.1, 0.15) is 11.1 Å². The lowest BCUT2D eigenvalue weighted by Crippen LogP contribution is -2.15. The topological polar surface area (TPSA) is 111 Å². The molecule has 0 bridgehead atoms. The van der Waals surface area contributed by atoms with Gasteiger partial charge in [-0.1, -0.05) is 36.0 Å². The van der Waals surface area contributed by atoms with Crippen LogP contribution < -0.4 is 5.32 Å². The molecule has 0 atom stereocenters. The maximum Gasteiger partial charge on any atom is 0.277 e. The molecule has 8 nitrogen and oxygen atoms in total. The molecule has 0 radical (unpaired) electrons. The second kappa shape index (κ2) is 8.00. The molecule has 0 aliphatic carbocycles. The van der Waals surface area contributed by atoms with E-state index in [1.165, 1.54) is 12.1 Å². The van der Waals surface area contributed by atoms with Gasteiger partial charge in [0.25, 0.3) is 10.9 Å². The van der Waals surface area contributed by atoms with Gasteiger partial charge in [-0.3, -0.25) is 14.9 Å². The molecule has 2 aromatic carbocycles. The van der Waals surface area contributed by atoms with E-state index in [0.29, 0.717) is 17.1 Å². The summed E-state index contributed by atoms with van der Waals surface area (Å²) >= 11 is 1.10. The molecule has 0 aliphatic rings. The Hall–Kier alpha value is -3.20. The summed E-state index contributed by atoms with van der Waals surface area (Å²) in [6, 6.07) is 12.2. The van der Waals surface area contributed by atoms with Crippen LogP contribution in [0.3, 0.4) is 0 Å². The van der Waals surface area contributed by atoms with E-state index in [-0.39, 0.29) is 22.6 Å². The van der Waals surface area contributed by atoms with Crippen molar-refractivity contribution in [3.63, 3.8) is 0 Å². The molecular weight excluding hydrogens is 368 g/mol. The third-order valence-corrected chi connectivity index (χ3v) is 4.70. The second-order valence-electron chi connectivity index (χ2n) is 5.73. The minimum absolute atomic E-state index is 0.0392. The first-order valence-electron chi connectivity index (χ1n) is 8.02. The van der Waals surface area contributed by atoms with Gasteiger partial charge >= 0.3 is 0 Å². The summed E-state index contributed by atoms with van der Waals surface area (Å²) in [5, 5.41) is 21.9. The van der Waals surface area contributed by atoms with Crippen molar-refractivity contribution in [3.8, 4) is 11.5 Å². The number of aromatic nitrogens is 2. The van der Waals surface area contributed by atoms with Gasteiger partial charge in [-0.2, -0.15) is 0 Å². The van der Waals surface area contributed by atoms with Crippen molar-refractivity contribution in [3.05, 3.63) is 63.7 Å². The lowest BCUT2D eigenvalue weighted by molar-refractivity contribution is -0.385. The predicted molar refractivity (Wildman–Crippen MR) is 102 cm³/mol. The number of amides is 1. The van der Waals surface area contributed by atoms with Gasteiger partial charge in [0.2, 0.25) is 11.8 Å². The van der Waals surface area contributed by atoms with E-state index >= 15 is 0 Å². The van der Waals surface area contributed by atoms with Crippen LogP contribution >= 0.6 is 11.8 Å². The predicted octanol–water partition coefficient (Wildman–Crippen LogP) is 3.99. The standard InChI is InChI=1S/C18H16N4O4S/c1-11-6-3-4-7-13(11)17-20-21-18(26-17)27-10-16(23)19-14-8-5-9-15(12(14)2)22(24)25/h3-9H,10H2,1-2H3,(H,19,23). The molecule has 0 saturated carbocycles. The quantitative estimate of drug-likeness (QED) is 0.388. The van der Waals surface area contributed by atoms with Crippen molar-refractivity contribution in [2.75, 3.05) is 11.1 Å². The number of benzene rings is 2. The van der Waals surface area contributed by atoms with E-state index < -0.39 is 4.92 Å². The molecule has 9 heteroatoms. The number of nitro benzene ring substituents is 1. The highest BCUT2D eigenvalue weighted by molar-refractivity contribution is 7.99. The van der Waals surface area contributed by atoms with Crippen molar-refractivity contribution in [1.29, 1.82) is 0 Å². The molecule has 3 aromatic rings. The number of hydrogen-bond acceptors (Lipinski definition) is 7. The monoisotopic (exact) mass is 384 g/mol. The Bertz CT molecular complexity index is 1000. The molecule has 1 aromatic heterocycles. The minimum atomic E-state index is -0.481. The third-order valence-electron chi connectivity index (χ3n) is 3.88. The maximum atomic E-state index is 12.2. The first kappa shape index (κ1) is 18.6. The summed E-state index contributed by atoms with van der Waals surface area (Å²) in [5.74, 6) is 0.113. The average Bonchev–Trinajstić information content (AvgIpc) is 3.10. The first-order chi connectivity index (χ1) is 13.0. The maximum absolute atomic E-state index is 12.2. The van der Waals surface area contributed by atoms with Crippen LogP contribution in [0, 0.1) is 24.0 Å². The number of nitrogens with one attached hydrogen (secondary N) is 1. The molecule has 0 aliphatic heterocycles. The Morgan fingerprint density at radius 3 is 2.70 bits per heavy atom. The fourth-order valence-electron chi connectivity index (χ4n) is 2.46. The van der Waals surface area contributed by atoms with Gasteiger partial charge in [-0.25, -0.2) is 0 Å². The van der Waals surface area contributed by atoms with E-state index in [9.17, 15) is 14.9 Å². The van der Waals surface area contributed by atoms with Gasteiger partial charge < -0.3 is 9.73 Å². The van der Waals surface area contributed by atoms with Crippen molar-refractivity contribution >= 4 is 29.0 Å². The fraction of sp³-hybridized carbons (Fsp3) is 0.167.